The molecule has 640 valence electrons. The fourth-order valence-electron chi connectivity index (χ4n) is 8.83. The van der Waals surface area contributed by atoms with Crippen LogP contribution in [0.1, 0.15) is 45.4 Å². The Kier molecular flexibility index (Phi) is 48.8. The van der Waals surface area contributed by atoms with Gasteiger partial charge in [0, 0.05) is 19.1 Å². The second kappa shape index (κ2) is 57.2. The topological polar surface area (TPSA) is 835 Å². The zero-order chi connectivity index (χ0) is 85.5. The summed E-state index contributed by atoms with van der Waals surface area (Å²) in [7, 11) is 0. The third kappa shape index (κ3) is 49.2. The van der Waals surface area contributed by atoms with Crippen LogP contribution in [0.25, 0.3) is 0 Å². The summed E-state index contributed by atoms with van der Waals surface area (Å²) in [5.74, 6) is -14.3. The Morgan fingerprint density at radius 1 is 0.261 bits per heavy atom. The molecular weight excluding hydrogens is 1530 g/mol. The van der Waals surface area contributed by atoms with Gasteiger partial charge in [-0.3, -0.25) is 19.8 Å². The van der Waals surface area contributed by atoms with E-state index < -0.39 is 273 Å². The number of aliphatic hydroxyl groups is 25. The quantitative estimate of drug-likeness (QED) is 0.0281. The Morgan fingerprint density at radius 3 is 0.635 bits per heavy atom. The highest BCUT2D eigenvalue weighted by Gasteiger charge is 2.31. The summed E-state index contributed by atoms with van der Waals surface area (Å²) >= 11 is 0. The van der Waals surface area contributed by atoms with Gasteiger partial charge in [0.25, 0.3) is 0 Å². The monoisotopic (exact) mass is 1640 g/mol. The second-order valence-corrected chi connectivity index (χ2v) is 23.7. The number of nitrogens with zero attached hydrogens (tertiary/aromatic N) is 26. The average Bonchev–Trinajstić information content (AvgIpc) is 1.74. The minimum atomic E-state index is -0.701. The summed E-state index contributed by atoms with van der Waals surface area (Å²) in [6.07, 6.45) is 4.47. The largest absolute Gasteiger partial charge is 0.495 e. The van der Waals surface area contributed by atoms with Crippen molar-refractivity contribution in [2.45, 2.75) is 63.6 Å². The van der Waals surface area contributed by atoms with Crippen molar-refractivity contribution in [3.8, 4) is 0 Å². The first-order valence-corrected chi connectivity index (χ1v) is 34.9. The van der Waals surface area contributed by atoms with Crippen LogP contribution in [0.3, 0.4) is 0 Å². The Balaban J connectivity index is 1.71. The molecule has 0 aromatic carbocycles. The fraction of sp³-hybridized carbons (Fsp3) is 0.619. The predicted molar refractivity (Wildman–Crippen MR) is 437 cm³/mol. The molecule has 2 fully saturated rings. The summed E-state index contributed by atoms with van der Waals surface area (Å²) in [6.45, 7) is -8.20. The van der Waals surface area contributed by atoms with E-state index >= 15 is 0 Å². The van der Waals surface area contributed by atoms with Gasteiger partial charge < -0.3 is 133 Å². The zero-order valence-corrected chi connectivity index (χ0v) is 62.9. The van der Waals surface area contributed by atoms with Crippen LogP contribution in [0, 0.1) is 0 Å². The zero-order valence-electron chi connectivity index (χ0n) is 62.9. The molecular formula is C63H103N27O25. The van der Waals surface area contributed by atoms with Crippen LogP contribution >= 0.6 is 0 Å². The summed E-state index contributed by atoms with van der Waals surface area (Å²) in [5.41, 5.74) is 6.16. The third-order valence-corrected chi connectivity index (χ3v) is 14.4. The van der Waals surface area contributed by atoms with Crippen LogP contribution in [0.5, 0.6) is 0 Å². The second-order valence-electron chi connectivity index (χ2n) is 23.7. The first-order valence-electron chi connectivity index (χ1n) is 34.9. The lowest BCUT2D eigenvalue weighted by molar-refractivity contribution is 0.258. The minimum absolute atomic E-state index is 0.0286. The van der Waals surface area contributed by atoms with Crippen LogP contribution in [-0.2, 0) is 0 Å². The molecule has 27 N–H and O–H groups in total. The van der Waals surface area contributed by atoms with E-state index in [-0.39, 0.29) is 56.7 Å². The molecule has 0 aromatic heterocycles. The number of hydrogen-bond acceptors (Lipinski definition) is 28. The highest BCUT2D eigenvalue weighted by Crippen LogP contribution is 2.20. The molecule has 0 radical (unpaired) electrons. The SMILES string of the molecule is CCCC(N)CN1CCCC1C(O)=NCC(O)=NCC(O)=NCC(O)=NCC(O)=NCC(O)=NCC(O)=NCC(O)=NCC(O)=NCCN1CCCC1C(O)=NCC(O)=NCC(O)=NCC(O)=NCC(O)=NCC(O)=NCC(O)=NCC(O)=NCC(O)=NCC(O)=NCC(O)=NCC(O)=NCC(O)=NCC(O)=NCC(O)=NCCO. The van der Waals surface area contributed by atoms with Crippen LogP contribution < -0.4 is 5.73 Å². The molecule has 3 atom stereocenters. The highest BCUT2D eigenvalue weighted by atomic mass is 16.3. The number of likely N-dealkylation sites (tertiary alicyclic amines) is 2. The standard InChI is InChI=1S/C63H103N27O25/c1-2-5-37(64)36-90-11-4-7-39(90)63(115)88-35-61(113)86-33-59(111)84-31-57(109)82-29-54(106)74-20-46(98)71-18-44(96)69-16-42(94)67-14-40(92)65-8-12-89-10-3-6-38(89)62(114)87-34-60(112)85-32-58(110)83-30-56(108)81-28-55(107)80-27-53(105)79-26-52(104)78-25-51(103)77-24-50(102)76-23-49(101)75-22-48(100)73-21-47(99)72-19-45(97)70-17-43(95)68-15-41(93)66-9-13-91/h37-39,91H,2-36,64H2,1H3,(H,65,92)(H,66,93)(H,67,94)(H,68,95)(H,69,96)(H,70,97)(H,71,98)(H,72,99)(H,73,100)(H,74,106)(H,75,101)(H,76,102)(H,77,103)(H,78,104)(H,79,105)(H,80,107)(H,81,108)(H,82,109)(H,83,110)(H,84,111)(H,85,112)(H,86,113)(H,87,114)(H,88,115). The molecule has 52 heteroatoms. The van der Waals surface area contributed by atoms with Crippen molar-refractivity contribution in [1.82, 2.24) is 9.80 Å². The first-order chi connectivity index (χ1) is 54.7. The van der Waals surface area contributed by atoms with Crippen molar-refractivity contribution in [2.24, 2.45) is 126 Å². The normalized spacial score (nSPS) is 18.9. The lowest BCUT2D eigenvalue weighted by atomic mass is 10.1. The lowest BCUT2D eigenvalue weighted by Gasteiger charge is -2.26. The van der Waals surface area contributed by atoms with Gasteiger partial charge in [-0.25, -0.2) is 110 Å². The van der Waals surface area contributed by atoms with Gasteiger partial charge in [-0.1, -0.05) is 13.3 Å². The molecule has 52 nitrogen and oxygen atoms in total. The van der Waals surface area contributed by atoms with Crippen LogP contribution in [0.15, 0.2) is 120 Å². The molecule has 115 heavy (non-hydrogen) atoms. The van der Waals surface area contributed by atoms with E-state index in [1.54, 1.807) is 0 Å². The molecule has 0 bridgehead atoms. The van der Waals surface area contributed by atoms with Gasteiger partial charge in [0.05, 0.1) is 31.8 Å². The smallest absolute Gasteiger partial charge is 0.203 e. The van der Waals surface area contributed by atoms with E-state index in [0.717, 1.165) is 25.8 Å². The van der Waals surface area contributed by atoms with Crippen molar-refractivity contribution >= 4 is 142 Å². The van der Waals surface area contributed by atoms with E-state index in [2.05, 4.69) is 120 Å². The Morgan fingerprint density at radius 2 is 0.435 bits per heavy atom. The van der Waals surface area contributed by atoms with E-state index in [0.29, 0.717) is 32.4 Å². The summed E-state index contributed by atoms with van der Waals surface area (Å²) in [5, 5.41) is 249. The molecule has 2 heterocycles. The van der Waals surface area contributed by atoms with E-state index in [4.69, 9.17) is 10.8 Å². The van der Waals surface area contributed by atoms with Gasteiger partial charge in [0.2, 0.25) is 130 Å². The molecule has 3 unspecified atom stereocenters. The summed E-state index contributed by atoms with van der Waals surface area (Å²) in [4.78, 5) is 92.0. The maximum absolute atomic E-state index is 10.7. The third-order valence-electron chi connectivity index (χ3n) is 14.4. The van der Waals surface area contributed by atoms with Crippen LogP contribution in [0.4, 0.5) is 0 Å². The van der Waals surface area contributed by atoms with Crippen molar-refractivity contribution in [3.05, 3.63) is 0 Å². The molecule has 0 spiro atoms. The Labute approximate surface area is 656 Å². The van der Waals surface area contributed by atoms with Gasteiger partial charge in [0.1, 0.15) is 144 Å². The number of aliphatic imine (C=N–C) groups is 24. The molecule has 0 amide bonds. The van der Waals surface area contributed by atoms with E-state index in [1.165, 1.54) is 0 Å². The van der Waals surface area contributed by atoms with Gasteiger partial charge in [-0.15, -0.1) is 0 Å². The van der Waals surface area contributed by atoms with E-state index in [9.17, 15) is 123 Å². The van der Waals surface area contributed by atoms with E-state index in [1.807, 2.05) is 16.7 Å². The fourth-order valence-corrected chi connectivity index (χ4v) is 8.83. The van der Waals surface area contributed by atoms with Crippen LogP contribution in [0.2, 0.25) is 0 Å². The summed E-state index contributed by atoms with van der Waals surface area (Å²) in [6, 6.07) is -0.933. The van der Waals surface area contributed by atoms with Gasteiger partial charge in [-0.2, -0.15) is 0 Å². The molecule has 2 aliphatic rings. The van der Waals surface area contributed by atoms with Gasteiger partial charge in [-0.05, 0) is 45.2 Å². The lowest BCUT2D eigenvalue weighted by Crippen LogP contribution is -2.43. The number of hydrogen-bond donors (Lipinski definition) is 26. The van der Waals surface area contributed by atoms with Gasteiger partial charge >= 0.3 is 0 Å². The molecule has 0 aromatic rings. The average molecular weight is 1640 g/mol. The maximum atomic E-state index is 10.7. The molecule has 0 aliphatic carbocycles. The van der Waals surface area contributed by atoms with Crippen molar-refractivity contribution in [3.63, 3.8) is 0 Å². The molecule has 2 rings (SSSR count). The number of rotatable bonds is 55. The first kappa shape index (κ1) is 98.2. The highest BCUT2D eigenvalue weighted by molar-refractivity contribution is 5.93. The predicted octanol–water partition coefficient (Wildman–Crippen LogP) is -0.00910. The molecule has 2 aliphatic heterocycles. The summed E-state index contributed by atoms with van der Waals surface area (Å²) < 4.78 is 0. The maximum Gasteiger partial charge on any atom is 0.203 e. The minimum Gasteiger partial charge on any atom is -0.495 e. The number of aliphatic hydroxyl groups excluding tert-OH is 25. The van der Waals surface area contributed by atoms with Crippen molar-refractivity contribution < 1.29 is 128 Å². The molecule has 0 saturated carbocycles. The Bertz CT molecular complexity index is 3850. The van der Waals surface area contributed by atoms with Crippen molar-refractivity contribution in [2.75, 3.05) is 190 Å². The van der Waals surface area contributed by atoms with Crippen molar-refractivity contribution in [1.29, 1.82) is 0 Å². The molecule has 2 saturated heterocycles. The van der Waals surface area contributed by atoms with Gasteiger partial charge in [0.15, 0.2) is 11.8 Å². The van der Waals surface area contributed by atoms with Crippen LogP contribution in [-0.4, -0.2) is 487 Å². The Hall–Kier alpha value is -12.9. The number of nitrogens with two attached hydrogens (primary N) is 1.